The predicted molar refractivity (Wildman–Crippen MR) is 121 cm³/mol. The second-order valence-corrected chi connectivity index (χ2v) is 10.2. The zero-order valence-corrected chi connectivity index (χ0v) is 18.5. The van der Waals surface area contributed by atoms with Crippen LogP contribution in [-0.2, 0) is 14.8 Å². The summed E-state index contributed by atoms with van der Waals surface area (Å²) in [6.07, 6.45) is 2.38. The van der Waals surface area contributed by atoms with Crippen LogP contribution in [0.15, 0.2) is 47.4 Å². The molecule has 2 aromatic carbocycles. The summed E-state index contributed by atoms with van der Waals surface area (Å²) < 4.78 is 28.4. The van der Waals surface area contributed by atoms with Crippen molar-refractivity contribution in [3.05, 3.63) is 48.0 Å². The van der Waals surface area contributed by atoms with Crippen LogP contribution < -0.4 is 14.9 Å². The molecule has 1 amide bonds. The Labute approximate surface area is 180 Å². The van der Waals surface area contributed by atoms with Crippen LogP contribution in [0.3, 0.4) is 0 Å². The lowest BCUT2D eigenvalue weighted by Gasteiger charge is -2.14. The number of anilines is 2. The Kier molecular flexibility index (Phi) is 5.77. The van der Waals surface area contributed by atoms with Gasteiger partial charge in [-0.05, 0) is 57.0 Å². The van der Waals surface area contributed by atoms with Crippen molar-refractivity contribution >= 4 is 48.3 Å². The number of fused-ring (bicyclic) bond motifs is 1. The van der Waals surface area contributed by atoms with Crippen molar-refractivity contribution in [1.82, 2.24) is 9.71 Å². The molecule has 1 saturated heterocycles. The standard InChI is InChI=1S/C21H24N4O3S2/c1-14-5-8-17(9-6-14)30(27,28)24-15(2)20(26)22-16-7-10-18-19(13-16)29-21(23-18)25-11-3-4-12-25/h5-10,13,15,24H,3-4,11-12H2,1-2H3,(H,22,26)/t15-/m0/s1. The van der Waals surface area contributed by atoms with Crippen LogP contribution in [0.25, 0.3) is 10.2 Å². The summed E-state index contributed by atoms with van der Waals surface area (Å²) in [6, 6.07) is 11.1. The molecule has 1 fully saturated rings. The molecule has 1 aromatic heterocycles. The molecule has 9 heteroatoms. The van der Waals surface area contributed by atoms with E-state index in [4.69, 9.17) is 0 Å². The minimum atomic E-state index is -3.78. The number of carbonyl (C=O) groups is 1. The normalized spacial score (nSPS) is 15.5. The third-order valence-electron chi connectivity index (χ3n) is 5.08. The maximum Gasteiger partial charge on any atom is 0.242 e. The summed E-state index contributed by atoms with van der Waals surface area (Å²) in [7, 11) is -3.78. The Morgan fingerprint density at radius 2 is 1.83 bits per heavy atom. The molecule has 2 N–H and O–H groups in total. The van der Waals surface area contributed by atoms with Crippen molar-refractivity contribution in [2.24, 2.45) is 0 Å². The summed E-state index contributed by atoms with van der Waals surface area (Å²) in [5, 5.41) is 3.80. The van der Waals surface area contributed by atoms with Gasteiger partial charge in [-0.3, -0.25) is 4.79 Å². The smallest absolute Gasteiger partial charge is 0.242 e. The van der Waals surface area contributed by atoms with Crippen molar-refractivity contribution in [2.45, 2.75) is 37.6 Å². The molecular formula is C21H24N4O3S2. The number of aromatic nitrogens is 1. The van der Waals surface area contributed by atoms with Crippen molar-refractivity contribution in [1.29, 1.82) is 0 Å². The molecule has 2 heterocycles. The van der Waals surface area contributed by atoms with E-state index in [0.717, 1.165) is 34.0 Å². The van der Waals surface area contributed by atoms with Crippen molar-refractivity contribution in [2.75, 3.05) is 23.3 Å². The fraction of sp³-hybridized carbons (Fsp3) is 0.333. The zero-order chi connectivity index (χ0) is 21.3. The van der Waals surface area contributed by atoms with Crippen LogP contribution in [-0.4, -0.2) is 38.4 Å². The molecule has 158 valence electrons. The van der Waals surface area contributed by atoms with Gasteiger partial charge in [-0.1, -0.05) is 29.0 Å². The van der Waals surface area contributed by atoms with Gasteiger partial charge in [-0.15, -0.1) is 0 Å². The van der Waals surface area contributed by atoms with E-state index >= 15 is 0 Å². The van der Waals surface area contributed by atoms with Gasteiger partial charge in [0.25, 0.3) is 0 Å². The fourth-order valence-corrected chi connectivity index (χ4v) is 5.62. The molecular weight excluding hydrogens is 420 g/mol. The molecule has 0 unspecified atom stereocenters. The second kappa shape index (κ2) is 8.33. The summed E-state index contributed by atoms with van der Waals surface area (Å²) >= 11 is 1.60. The van der Waals surface area contributed by atoms with Crippen molar-refractivity contribution < 1.29 is 13.2 Å². The highest BCUT2D eigenvalue weighted by Crippen LogP contribution is 2.32. The van der Waals surface area contributed by atoms with Gasteiger partial charge in [0.15, 0.2) is 5.13 Å². The van der Waals surface area contributed by atoms with Crippen LogP contribution in [0.5, 0.6) is 0 Å². The van der Waals surface area contributed by atoms with Crippen LogP contribution in [0.2, 0.25) is 0 Å². The van der Waals surface area contributed by atoms with Gasteiger partial charge in [0, 0.05) is 18.8 Å². The average Bonchev–Trinajstić information content (AvgIpc) is 3.37. The number of hydrogen-bond acceptors (Lipinski definition) is 6. The number of carbonyl (C=O) groups excluding carboxylic acids is 1. The lowest BCUT2D eigenvalue weighted by Crippen LogP contribution is -2.41. The summed E-state index contributed by atoms with van der Waals surface area (Å²) in [5.41, 5.74) is 2.48. The number of hydrogen-bond donors (Lipinski definition) is 2. The maximum absolute atomic E-state index is 12.6. The molecule has 1 aliphatic rings. The van der Waals surface area contributed by atoms with Crippen molar-refractivity contribution in [3.8, 4) is 0 Å². The van der Waals surface area contributed by atoms with Gasteiger partial charge in [-0.25, -0.2) is 13.4 Å². The molecule has 1 aliphatic heterocycles. The predicted octanol–water partition coefficient (Wildman–Crippen LogP) is 3.51. The highest BCUT2D eigenvalue weighted by atomic mass is 32.2. The van der Waals surface area contributed by atoms with Crippen LogP contribution >= 0.6 is 11.3 Å². The number of thiazole rings is 1. The summed E-state index contributed by atoms with van der Waals surface area (Å²) in [5.74, 6) is -0.422. The SMILES string of the molecule is Cc1ccc(S(=O)(=O)N[C@@H](C)C(=O)Nc2ccc3nc(N4CCCC4)sc3c2)cc1. The lowest BCUT2D eigenvalue weighted by molar-refractivity contribution is -0.117. The number of benzene rings is 2. The molecule has 30 heavy (non-hydrogen) atoms. The van der Waals surface area contributed by atoms with Gasteiger partial charge >= 0.3 is 0 Å². The van der Waals surface area contributed by atoms with E-state index in [1.807, 2.05) is 19.1 Å². The number of amides is 1. The molecule has 0 saturated carbocycles. The average molecular weight is 445 g/mol. The Morgan fingerprint density at radius 1 is 1.13 bits per heavy atom. The second-order valence-electron chi connectivity index (χ2n) is 7.52. The van der Waals surface area contributed by atoms with Gasteiger partial charge in [0.05, 0.1) is 21.2 Å². The Bertz CT molecular complexity index is 1170. The Morgan fingerprint density at radius 3 is 2.53 bits per heavy atom. The number of sulfonamides is 1. The lowest BCUT2D eigenvalue weighted by atomic mass is 10.2. The largest absolute Gasteiger partial charge is 0.348 e. The van der Waals surface area contributed by atoms with Crippen LogP contribution in [0, 0.1) is 6.92 Å². The van der Waals surface area contributed by atoms with Gasteiger partial charge in [0.1, 0.15) is 0 Å². The molecule has 3 aromatic rings. The molecule has 0 radical (unpaired) electrons. The first-order valence-electron chi connectivity index (χ1n) is 9.87. The third-order valence-corrected chi connectivity index (χ3v) is 7.71. The van der Waals surface area contributed by atoms with E-state index in [1.54, 1.807) is 29.5 Å². The van der Waals surface area contributed by atoms with Gasteiger partial charge in [0.2, 0.25) is 15.9 Å². The first-order chi connectivity index (χ1) is 14.3. The van der Waals surface area contributed by atoms with Crippen LogP contribution in [0.1, 0.15) is 25.3 Å². The highest BCUT2D eigenvalue weighted by Gasteiger charge is 2.22. The number of aryl methyl sites for hydroxylation is 1. The molecule has 0 aliphatic carbocycles. The molecule has 0 bridgehead atoms. The number of nitrogens with one attached hydrogen (secondary N) is 2. The van der Waals surface area contributed by atoms with E-state index in [1.165, 1.54) is 31.9 Å². The third kappa shape index (κ3) is 4.48. The van der Waals surface area contributed by atoms with E-state index in [9.17, 15) is 13.2 Å². The molecule has 4 rings (SSSR count). The quantitative estimate of drug-likeness (QED) is 0.607. The van der Waals surface area contributed by atoms with E-state index in [2.05, 4.69) is 19.9 Å². The van der Waals surface area contributed by atoms with Gasteiger partial charge in [-0.2, -0.15) is 4.72 Å². The Hall–Kier alpha value is -2.49. The topological polar surface area (TPSA) is 91.4 Å². The molecule has 7 nitrogen and oxygen atoms in total. The Balaban J connectivity index is 1.44. The van der Waals surface area contributed by atoms with E-state index in [-0.39, 0.29) is 4.90 Å². The minimum absolute atomic E-state index is 0.133. The number of nitrogens with zero attached hydrogens (tertiary/aromatic N) is 2. The first-order valence-corrected chi connectivity index (χ1v) is 12.2. The first kappa shape index (κ1) is 20.8. The zero-order valence-electron chi connectivity index (χ0n) is 16.9. The fourth-order valence-electron chi connectivity index (χ4n) is 3.36. The number of rotatable bonds is 6. The van der Waals surface area contributed by atoms with E-state index in [0.29, 0.717) is 5.69 Å². The van der Waals surface area contributed by atoms with Crippen LogP contribution in [0.4, 0.5) is 10.8 Å². The molecule has 0 spiro atoms. The maximum atomic E-state index is 12.6. The monoisotopic (exact) mass is 444 g/mol. The molecule has 1 atom stereocenters. The van der Waals surface area contributed by atoms with E-state index < -0.39 is 22.0 Å². The minimum Gasteiger partial charge on any atom is -0.348 e. The highest BCUT2D eigenvalue weighted by molar-refractivity contribution is 7.89. The van der Waals surface area contributed by atoms with Crippen molar-refractivity contribution in [3.63, 3.8) is 0 Å². The summed E-state index contributed by atoms with van der Waals surface area (Å²) in [4.78, 5) is 19.7. The van der Waals surface area contributed by atoms with Gasteiger partial charge < -0.3 is 10.2 Å². The summed E-state index contributed by atoms with van der Waals surface area (Å²) in [6.45, 7) is 5.47.